The molecule has 8 heteroatoms. The first kappa shape index (κ1) is 14.1. The Labute approximate surface area is 101 Å². The Hall–Kier alpha value is -0.960. The van der Waals surface area contributed by atoms with E-state index in [0.717, 1.165) is 0 Å². The number of hydrogen-bond donors (Lipinski definition) is 2. The van der Waals surface area contributed by atoms with Crippen molar-refractivity contribution < 1.29 is 16.8 Å². The molecule has 1 aromatic carbocycles. The van der Waals surface area contributed by atoms with Crippen LogP contribution in [0.4, 0.5) is 0 Å². The minimum Gasteiger partial charge on any atom is -0.225 e. The zero-order valence-corrected chi connectivity index (χ0v) is 10.9. The number of primary sulfonamides is 1. The lowest BCUT2D eigenvalue weighted by Gasteiger charge is -2.05. The number of nitrogens with one attached hydrogen (secondary N) is 1. The summed E-state index contributed by atoms with van der Waals surface area (Å²) in [6.07, 6.45) is 0. The third-order valence-corrected chi connectivity index (χ3v) is 4.40. The van der Waals surface area contributed by atoms with Crippen molar-refractivity contribution in [2.24, 2.45) is 5.14 Å². The summed E-state index contributed by atoms with van der Waals surface area (Å²) in [6.45, 7) is 1.66. The molecule has 0 saturated carbocycles. The van der Waals surface area contributed by atoms with Crippen molar-refractivity contribution in [2.75, 3.05) is 5.75 Å². The van der Waals surface area contributed by atoms with Crippen LogP contribution in [0.15, 0.2) is 29.2 Å². The van der Waals surface area contributed by atoms with Gasteiger partial charge in [0.25, 0.3) is 0 Å². The van der Waals surface area contributed by atoms with Crippen LogP contribution in [-0.4, -0.2) is 22.6 Å². The maximum atomic E-state index is 11.2. The second-order valence-electron chi connectivity index (χ2n) is 3.41. The SMILES string of the molecule is CCS(=O)(=O)NCc1ccc(S(N)(=O)=O)cc1. The van der Waals surface area contributed by atoms with E-state index in [-0.39, 0.29) is 17.2 Å². The van der Waals surface area contributed by atoms with E-state index in [1.54, 1.807) is 0 Å². The van der Waals surface area contributed by atoms with E-state index in [0.29, 0.717) is 5.56 Å². The molecule has 0 aliphatic rings. The van der Waals surface area contributed by atoms with Gasteiger partial charge in [-0.2, -0.15) is 0 Å². The van der Waals surface area contributed by atoms with E-state index >= 15 is 0 Å². The largest absolute Gasteiger partial charge is 0.238 e. The third kappa shape index (κ3) is 4.43. The van der Waals surface area contributed by atoms with Crippen molar-refractivity contribution in [3.05, 3.63) is 29.8 Å². The van der Waals surface area contributed by atoms with Gasteiger partial charge in [0.2, 0.25) is 20.0 Å². The minimum atomic E-state index is -3.71. The van der Waals surface area contributed by atoms with Crippen LogP contribution in [0, 0.1) is 0 Å². The molecule has 0 aliphatic carbocycles. The lowest BCUT2D eigenvalue weighted by molar-refractivity contribution is 0.582. The van der Waals surface area contributed by atoms with Crippen LogP contribution < -0.4 is 9.86 Å². The van der Waals surface area contributed by atoms with Crippen LogP contribution in [0.5, 0.6) is 0 Å². The molecule has 0 aromatic heterocycles. The van der Waals surface area contributed by atoms with E-state index < -0.39 is 20.0 Å². The van der Waals surface area contributed by atoms with Gasteiger partial charge in [0.1, 0.15) is 0 Å². The summed E-state index contributed by atoms with van der Waals surface area (Å²) in [6, 6.07) is 5.70. The zero-order valence-electron chi connectivity index (χ0n) is 9.25. The van der Waals surface area contributed by atoms with E-state index in [9.17, 15) is 16.8 Å². The number of sulfonamides is 2. The Balaban J connectivity index is 2.77. The highest BCUT2D eigenvalue weighted by Crippen LogP contribution is 2.08. The highest BCUT2D eigenvalue weighted by molar-refractivity contribution is 7.89. The number of hydrogen-bond acceptors (Lipinski definition) is 4. The van der Waals surface area contributed by atoms with Crippen molar-refractivity contribution in [1.29, 1.82) is 0 Å². The summed E-state index contributed by atoms with van der Waals surface area (Å²) >= 11 is 0. The number of benzene rings is 1. The fraction of sp³-hybridized carbons (Fsp3) is 0.333. The minimum absolute atomic E-state index is 0.000372. The van der Waals surface area contributed by atoms with E-state index in [4.69, 9.17) is 5.14 Å². The Bertz CT molecular complexity index is 576. The summed E-state index contributed by atoms with van der Waals surface area (Å²) in [5.41, 5.74) is 0.662. The van der Waals surface area contributed by atoms with Crippen LogP contribution >= 0.6 is 0 Å². The fourth-order valence-electron chi connectivity index (χ4n) is 1.09. The molecule has 96 valence electrons. The van der Waals surface area contributed by atoms with Crippen LogP contribution in [0.2, 0.25) is 0 Å². The van der Waals surface area contributed by atoms with Crippen LogP contribution in [-0.2, 0) is 26.6 Å². The van der Waals surface area contributed by atoms with Crippen LogP contribution in [0.25, 0.3) is 0 Å². The highest BCUT2D eigenvalue weighted by atomic mass is 32.2. The Morgan fingerprint density at radius 2 is 1.65 bits per heavy atom. The molecular formula is C9H14N2O4S2. The standard InChI is InChI=1S/C9H14N2O4S2/c1-2-16(12,13)11-7-8-3-5-9(6-4-8)17(10,14)15/h3-6,11H,2,7H2,1H3,(H2,10,14,15). The molecule has 1 rings (SSSR count). The first-order valence-corrected chi connectivity index (χ1v) is 8.03. The predicted octanol–water partition coefficient (Wildman–Crippen LogP) is -0.227. The molecule has 0 spiro atoms. The number of rotatable bonds is 5. The van der Waals surface area contributed by atoms with Gasteiger partial charge in [0.05, 0.1) is 10.6 Å². The molecule has 0 aliphatic heterocycles. The summed E-state index contributed by atoms with van der Waals surface area (Å²) in [5, 5.41) is 4.93. The Morgan fingerprint density at radius 3 is 2.06 bits per heavy atom. The average molecular weight is 278 g/mol. The zero-order chi connectivity index (χ0) is 13.1. The molecule has 0 bridgehead atoms. The van der Waals surface area contributed by atoms with E-state index in [2.05, 4.69) is 4.72 Å². The smallest absolute Gasteiger partial charge is 0.225 e. The summed E-state index contributed by atoms with van der Waals surface area (Å²) in [4.78, 5) is -0.000372. The normalized spacial score (nSPS) is 12.6. The van der Waals surface area contributed by atoms with Gasteiger partial charge in [0, 0.05) is 6.54 Å². The van der Waals surface area contributed by atoms with Gasteiger partial charge < -0.3 is 0 Å². The van der Waals surface area contributed by atoms with Gasteiger partial charge in [-0.15, -0.1) is 0 Å². The fourth-order valence-corrected chi connectivity index (χ4v) is 2.20. The molecule has 0 unspecified atom stereocenters. The second-order valence-corrected chi connectivity index (χ2v) is 7.07. The van der Waals surface area contributed by atoms with Gasteiger partial charge in [-0.3, -0.25) is 0 Å². The van der Waals surface area contributed by atoms with Crippen molar-refractivity contribution >= 4 is 20.0 Å². The maximum Gasteiger partial charge on any atom is 0.238 e. The highest BCUT2D eigenvalue weighted by Gasteiger charge is 2.08. The van der Waals surface area contributed by atoms with Gasteiger partial charge in [-0.1, -0.05) is 12.1 Å². The van der Waals surface area contributed by atoms with E-state index in [1.807, 2.05) is 0 Å². The molecule has 0 atom stereocenters. The van der Waals surface area contributed by atoms with Gasteiger partial charge in [0.15, 0.2) is 0 Å². The molecular weight excluding hydrogens is 264 g/mol. The molecule has 1 aromatic rings. The molecule has 0 saturated heterocycles. The molecule has 6 nitrogen and oxygen atoms in total. The van der Waals surface area contributed by atoms with Crippen molar-refractivity contribution in [3.8, 4) is 0 Å². The first-order chi connectivity index (χ1) is 7.74. The topological polar surface area (TPSA) is 106 Å². The van der Waals surface area contributed by atoms with Gasteiger partial charge in [-0.25, -0.2) is 26.7 Å². The summed E-state index contributed by atoms with van der Waals surface area (Å²) in [7, 11) is -6.96. The summed E-state index contributed by atoms with van der Waals surface area (Å²) in [5.74, 6) is 0.00224. The van der Waals surface area contributed by atoms with Crippen molar-refractivity contribution in [1.82, 2.24) is 4.72 Å². The summed E-state index contributed by atoms with van der Waals surface area (Å²) < 4.78 is 46.7. The monoisotopic (exact) mass is 278 g/mol. The van der Waals surface area contributed by atoms with Crippen molar-refractivity contribution in [3.63, 3.8) is 0 Å². The maximum absolute atomic E-state index is 11.2. The van der Waals surface area contributed by atoms with E-state index in [1.165, 1.54) is 31.2 Å². The molecule has 3 N–H and O–H groups in total. The molecule has 17 heavy (non-hydrogen) atoms. The Morgan fingerprint density at radius 1 is 1.12 bits per heavy atom. The van der Waals surface area contributed by atoms with Gasteiger partial charge in [-0.05, 0) is 24.6 Å². The third-order valence-electron chi connectivity index (χ3n) is 2.13. The lowest BCUT2D eigenvalue weighted by atomic mass is 10.2. The van der Waals surface area contributed by atoms with Crippen molar-refractivity contribution in [2.45, 2.75) is 18.4 Å². The van der Waals surface area contributed by atoms with Crippen LogP contribution in [0.3, 0.4) is 0 Å². The van der Waals surface area contributed by atoms with Crippen LogP contribution in [0.1, 0.15) is 12.5 Å². The average Bonchev–Trinajstić information content (AvgIpc) is 2.26. The molecule has 0 heterocycles. The molecule has 0 amide bonds. The first-order valence-electron chi connectivity index (χ1n) is 4.83. The Kier molecular flexibility index (Phi) is 4.26. The molecule has 0 fully saturated rings. The quantitative estimate of drug-likeness (QED) is 0.776. The predicted molar refractivity (Wildman–Crippen MR) is 64.1 cm³/mol. The number of nitrogens with two attached hydrogens (primary N) is 1. The van der Waals surface area contributed by atoms with Gasteiger partial charge >= 0.3 is 0 Å². The second kappa shape index (κ2) is 5.13. The lowest BCUT2D eigenvalue weighted by Crippen LogP contribution is -2.24. The molecule has 0 radical (unpaired) electrons.